The second-order valence-corrected chi connectivity index (χ2v) is 7.06. The van der Waals surface area contributed by atoms with Crippen molar-refractivity contribution in [2.45, 2.75) is 25.3 Å². The number of hydrazine groups is 1. The first-order valence-corrected chi connectivity index (χ1v) is 8.67. The van der Waals surface area contributed by atoms with Crippen LogP contribution in [0.5, 0.6) is 0 Å². The van der Waals surface area contributed by atoms with Gasteiger partial charge < -0.3 is 10.8 Å². The average Bonchev–Trinajstić information content (AvgIpc) is 2.55. The smallest absolute Gasteiger partial charge is 0.331 e. The number of anilines is 1. The number of hydrogen-bond donors (Lipinski definition) is 3. The minimum absolute atomic E-state index is 0.215. The minimum Gasteiger partial charge on any atom is -0.480 e. The number of nitrogens with zero attached hydrogens (tertiary/aromatic N) is 1. The first-order chi connectivity index (χ1) is 12.3. The lowest BCUT2D eigenvalue weighted by molar-refractivity contribution is -0.139. The van der Waals surface area contributed by atoms with Crippen LogP contribution in [-0.2, 0) is 4.79 Å². The van der Waals surface area contributed by atoms with Crippen molar-refractivity contribution < 1.29 is 14.7 Å². The van der Waals surface area contributed by atoms with Crippen LogP contribution in [0.3, 0.4) is 0 Å². The molecule has 0 bridgehead atoms. The summed E-state index contributed by atoms with van der Waals surface area (Å²) in [7, 11) is 0. The summed E-state index contributed by atoms with van der Waals surface area (Å²) < 4.78 is 0. The molecule has 0 saturated heterocycles. The van der Waals surface area contributed by atoms with E-state index in [-0.39, 0.29) is 12.3 Å². The molecule has 1 aliphatic rings. The van der Waals surface area contributed by atoms with Crippen LogP contribution in [0.25, 0.3) is 0 Å². The van der Waals surface area contributed by atoms with Crippen molar-refractivity contribution >= 4 is 40.9 Å². The number of carbonyl (C=O) groups is 2. The summed E-state index contributed by atoms with van der Waals surface area (Å²) in [5.41, 5.74) is 10.8. The standard InChI is InChI=1S/C18H17Cl2N3O3/c1-9-2-4-10(5-3-9)12-8-15(17(24)25)23(22-18(21)26)14-7-11(19)6-13(20)16(12)14/h2-7,12,15H,8H2,1H3,(H,24,25)(H3,21,22,26)/t12-,15-/m1/s1. The van der Waals surface area contributed by atoms with Gasteiger partial charge in [-0.1, -0.05) is 53.0 Å². The number of benzene rings is 2. The Morgan fingerprint density at radius 1 is 1.23 bits per heavy atom. The topological polar surface area (TPSA) is 95.7 Å². The van der Waals surface area contributed by atoms with Gasteiger partial charge in [0.2, 0.25) is 0 Å². The maximum atomic E-state index is 11.9. The van der Waals surface area contributed by atoms with Gasteiger partial charge in [0.05, 0.1) is 5.69 Å². The van der Waals surface area contributed by atoms with Crippen LogP contribution in [0.15, 0.2) is 36.4 Å². The molecule has 1 heterocycles. The van der Waals surface area contributed by atoms with E-state index in [0.717, 1.165) is 11.1 Å². The van der Waals surface area contributed by atoms with E-state index in [9.17, 15) is 14.7 Å². The summed E-state index contributed by atoms with van der Waals surface area (Å²) in [6, 6.07) is 9.12. The molecule has 2 atom stereocenters. The molecule has 8 heteroatoms. The molecule has 2 aromatic carbocycles. The van der Waals surface area contributed by atoms with Gasteiger partial charge in [-0.15, -0.1) is 0 Å². The van der Waals surface area contributed by atoms with Gasteiger partial charge in [-0.05, 0) is 31.0 Å². The number of aryl methyl sites for hydroxylation is 1. The molecular weight excluding hydrogens is 377 g/mol. The van der Waals surface area contributed by atoms with Crippen molar-refractivity contribution in [1.29, 1.82) is 0 Å². The van der Waals surface area contributed by atoms with Crippen molar-refractivity contribution in [3.05, 3.63) is 63.1 Å². The zero-order chi connectivity index (χ0) is 19.0. The number of primary amides is 1. The highest BCUT2D eigenvalue weighted by Crippen LogP contribution is 2.46. The van der Waals surface area contributed by atoms with Gasteiger partial charge >= 0.3 is 12.0 Å². The van der Waals surface area contributed by atoms with Crippen molar-refractivity contribution in [3.8, 4) is 0 Å². The largest absolute Gasteiger partial charge is 0.480 e. The van der Waals surface area contributed by atoms with Gasteiger partial charge in [0, 0.05) is 21.5 Å². The molecule has 0 fully saturated rings. The van der Waals surface area contributed by atoms with E-state index in [1.807, 2.05) is 31.2 Å². The Morgan fingerprint density at radius 3 is 2.46 bits per heavy atom. The second-order valence-electron chi connectivity index (χ2n) is 6.22. The summed E-state index contributed by atoms with van der Waals surface area (Å²) in [6.45, 7) is 1.98. The van der Waals surface area contributed by atoms with Crippen LogP contribution < -0.4 is 16.2 Å². The fourth-order valence-corrected chi connectivity index (χ4v) is 3.91. The van der Waals surface area contributed by atoms with Crippen LogP contribution in [0.2, 0.25) is 10.0 Å². The SMILES string of the molecule is Cc1ccc([C@H]2C[C@H](C(=O)O)N(NC(N)=O)c3cc(Cl)cc(Cl)c32)cc1. The highest BCUT2D eigenvalue weighted by Gasteiger charge is 2.39. The number of hydrogen-bond acceptors (Lipinski definition) is 3. The van der Waals surface area contributed by atoms with E-state index in [0.29, 0.717) is 21.3 Å². The molecule has 0 aromatic heterocycles. The fourth-order valence-electron chi connectivity index (χ4n) is 3.30. The molecule has 1 aliphatic heterocycles. The normalized spacial score (nSPS) is 19.0. The van der Waals surface area contributed by atoms with Crippen molar-refractivity contribution in [3.63, 3.8) is 0 Å². The molecule has 26 heavy (non-hydrogen) atoms. The van der Waals surface area contributed by atoms with Crippen molar-refractivity contribution in [2.24, 2.45) is 5.73 Å². The van der Waals surface area contributed by atoms with Crippen LogP contribution >= 0.6 is 23.2 Å². The Bertz CT molecular complexity index is 871. The van der Waals surface area contributed by atoms with Crippen LogP contribution in [0.1, 0.15) is 29.0 Å². The first-order valence-electron chi connectivity index (χ1n) is 7.91. The summed E-state index contributed by atoms with van der Waals surface area (Å²) >= 11 is 12.6. The summed E-state index contributed by atoms with van der Waals surface area (Å²) in [4.78, 5) is 23.3. The van der Waals surface area contributed by atoms with Crippen LogP contribution in [0, 0.1) is 6.92 Å². The Balaban J connectivity index is 2.20. The number of rotatable bonds is 3. The molecule has 0 unspecified atom stereocenters. The quantitative estimate of drug-likeness (QED) is 0.740. The number of carbonyl (C=O) groups excluding carboxylic acids is 1. The number of aliphatic carboxylic acids is 1. The van der Waals surface area contributed by atoms with E-state index < -0.39 is 18.0 Å². The first kappa shape index (κ1) is 18.4. The lowest BCUT2D eigenvalue weighted by Crippen LogP contribution is -2.56. The molecule has 0 saturated carbocycles. The molecular formula is C18H17Cl2N3O3. The number of nitrogens with two attached hydrogens (primary N) is 1. The third-order valence-electron chi connectivity index (χ3n) is 4.45. The molecule has 136 valence electrons. The minimum atomic E-state index is -1.09. The number of urea groups is 1. The lowest BCUT2D eigenvalue weighted by atomic mass is 9.81. The second kappa shape index (κ2) is 7.05. The van der Waals surface area contributed by atoms with Gasteiger partial charge in [-0.25, -0.2) is 15.0 Å². The zero-order valence-electron chi connectivity index (χ0n) is 13.9. The zero-order valence-corrected chi connectivity index (χ0v) is 15.4. The molecule has 4 N–H and O–H groups in total. The van der Waals surface area contributed by atoms with E-state index >= 15 is 0 Å². The Morgan fingerprint density at radius 2 is 1.88 bits per heavy atom. The Hall–Kier alpha value is -2.44. The van der Waals surface area contributed by atoms with Gasteiger partial charge in [0.1, 0.15) is 6.04 Å². The summed E-state index contributed by atoms with van der Waals surface area (Å²) in [6.07, 6.45) is 0.215. The van der Waals surface area contributed by atoms with Gasteiger partial charge in [0.15, 0.2) is 0 Å². The average molecular weight is 394 g/mol. The molecule has 0 spiro atoms. The molecule has 2 aromatic rings. The van der Waals surface area contributed by atoms with Gasteiger partial charge in [0.25, 0.3) is 0 Å². The molecule has 2 amide bonds. The third kappa shape index (κ3) is 3.43. The molecule has 0 radical (unpaired) electrons. The van der Waals surface area contributed by atoms with Crippen LogP contribution in [-0.4, -0.2) is 23.1 Å². The van der Waals surface area contributed by atoms with Gasteiger partial charge in [-0.3, -0.25) is 5.01 Å². The van der Waals surface area contributed by atoms with E-state index in [4.69, 9.17) is 28.9 Å². The third-order valence-corrected chi connectivity index (χ3v) is 4.98. The highest BCUT2D eigenvalue weighted by atomic mass is 35.5. The number of carboxylic acid groups (broad SMARTS) is 1. The Kier molecular flexibility index (Phi) is 4.98. The number of fused-ring (bicyclic) bond motifs is 1. The van der Waals surface area contributed by atoms with Gasteiger partial charge in [-0.2, -0.15) is 0 Å². The fraction of sp³-hybridized carbons (Fsp3) is 0.222. The molecule has 0 aliphatic carbocycles. The van der Waals surface area contributed by atoms with Crippen molar-refractivity contribution in [2.75, 3.05) is 5.01 Å². The lowest BCUT2D eigenvalue weighted by Gasteiger charge is -2.40. The van der Waals surface area contributed by atoms with E-state index in [1.165, 1.54) is 5.01 Å². The number of carboxylic acids is 1. The number of nitrogens with one attached hydrogen (secondary N) is 1. The van der Waals surface area contributed by atoms with Crippen molar-refractivity contribution in [1.82, 2.24) is 5.43 Å². The maximum absolute atomic E-state index is 11.9. The maximum Gasteiger partial charge on any atom is 0.331 e. The predicted octanol–water partition coefficient (Wildman–Crippen LogP) is 3.68. The summed E-state index contributed by atoms with van der Waals surface area (Å²) in [5.74, 6) is -1.35. The van der Waals surface area contributed by atoms with Crippen LogP contribution in [0.4, 0.5) is 10.5 Å². The molecule has 3 rings (SSSR count). The predicted molar refractivity (Wildman–Crippen MR) is 101 cm³/mol. The van der Waals surface area contributed by atoms with E-state index in [2.05, 4.69) is 5.43 Å². The Labute approximate surface area is 160 Å². The van der Waals surface area contributed by atoms with E-state index in [1.54, 1.807) is 12.1 Å². The molecule has 6 nitrogen and oxygen atoms in total. The summed E-state index contributed by atoms with van der Waals surface area (Å²) in [5, 5.41) is 11.7. The highest BCUT2D eigenvalue weighted by molar-refractivity contribution is 6.35. The monoisotopic (exact) mass is 393 g/mol. The number of halogens is 2. The number of amides is 2.